The Labute approximate surface area is 101 Å². The van der Waals surface area contributed by atoms with Crippen LogP contribution >= 0.6 is 0 Å². The first-order valence-electron chi connectivity index (χ1n) is 6.42. The molecule has 0 bridgehead atoms. The molecule has 2 aliphatic rings. The summed E-state index contributed by atoms with van der Waals surface area (Å²) in [5.74, 6) is 0. The Hall–Kier alpha value is 0.0700. The van der Waals surface area contributed by atoms with E-state index in [0.29, 0.717) is 11.3 Å². The highest BCUT2D eigenvalue weighted by atomic mass is 32.2. The van der Waals surface area contributed by atoms with Crippen molar-refractivity contribution in [3.63, 3.8) is 0 Å². The molecule has 5 atom stereocenters. The molecule has 2 fully saturated rings. The minimum absolute atomic E-state index is 0.181. The topological polar surface area (TPSA) is 38.3 Å². The van der Waals surface area contributed by atoms with E-state index in [1.165, 1.54) is 19.3 Å². The van der Waals surface area contributed by atoms with Crippen LogP contribution in [-0.2, 0) is 15.5 Å². The van der Waals surface area contributed by atoms with Crippen LogP contribution in [0.2, 0.25) is 0 Å². The summed E-state index contributed by atoms with van der Waals surface area (Å²) >= 11 is 0. The molecule has 0 aromatic carbocycles. The summed E-state index contributed by atoms with van der Waals surface area (Å²) in [6, 6.07) is 0.447. The zero-order valence-electron chi connectivity index (χ0n) is 10.3. The summed E-state index contributed by atoms with van der Waals surface area (Å²) in [6.45, 7) is 2.85. The number of ether oxygens (including phenoxy) is 1. The fourth-order valence-corrected chi connectivity index (χ4v) is 5.18. The van der Waals surface area contributed by atoms with E-state index in [1.807, 2.05) is 7.05 Å². The minimum atomic E-state index is -0.729. The van der Waals surface area contributed by atoms with Crippen molar-refractivity contribution in [3.05, 3.63) is 0 Å². The number of nitrogens with one attached hydrogen (secondary N) is 1. The van der Waals surface area contributed by atoms with Gasteiger partial charge in [-0.25, -0.2) is 0 Å². The van der Waals surface area contributed by atoms with Crippen molar-refractivity contribution in [2.45, 2.75) is 61.7 Å². The second kappa shape index (κ2) is 5.61. The van der Waals surface area contributed by atoms with Crippen LogP contribution in [0.1, 0.15) is 39.0 Å². The fraction of sp³-hybridized carbons (Fsp3) is 1.00. The molecule has 0 radical (unpaired) electrons. The van der Waals surface area contributed by atoms with Crippen molar-refractivity contribution in [3.8, 4) is 0 Å². The highest BCUT2D eigenvalue weighted by molar-refractivity contribution is 7.86. The standard InChI is InChI=1S/C12H23NO2S/c1-9-11(7-8-15-9)16(14)12-6-4-3-5-10(12)13-2/h9-13H,3-8H2,1-2H3. The van der Waals surface area contributed by atoms with E-state index in [1.54, 1.807) is 0 Å². The maximum Gasteiger partial charge on any atom is 0.0691 e. The zero-order valence-corrected chi connectivity index (χ0v) is 11.1. The summed E-state index contributed by atoms with van der Waals surface area (Å²) < 4.78 is 18.1. The third kappa shape index (κ3) is 2.49. The smallest absolute Gasteiger partial charge is 0.0691 e. The highest BCUT2D eigenvalue weighted by Gasteiger charge is 2.37. The molecule has 3 nitrogen and oxygen atoms in total. The molecule has 1 heterocycles. The molecule has 94 valence electrons. The fourth-order valence-electron chi connectivity index (χ4n) is 2.95. The molecule has 0 aromatic heterocycles. The van der Waals surface area contributed by atoms with Gasteiger partial charge in [-0.05, 0) is 33.2 Å². The van der Waals surface area contributed by atoms with Gasteiger partial charge in [0.15, 0.2) is 0 Å². The van der Waals surface area contributed by atoms with Gasteiger partial charge in [0.25, 0.3) is 0 Å². The number of rotatable bonds is 3. The van der Waals surface area contributed by atoms with Crippen molar-refractivity contribution in [2.75, 3.05) is 13.7 Å². The van der Waals surface area contributed by atoms with E-state index >= 15 is 0 Å². The van der Waals surface area contributed by atoms with Crippen LogP contribution < -0.4 is 5.32 Å². The van der Waals surface area contributed by atoms with Crippen LogP contribution in [0.25, 0.3) is 0 Å². The van der Waals surface area contributed by atoms with Gasteiger partial charge in [0, 0.05) is 23.4 Å². The van der Waals surface area contributed by atoms with Gasteiger partial charge >= 0.3 is 0 Å². The zero-order chi connectivity index (χ0) is 11.5. The van der Waals surface area contributed by atoms with Gasteiger partial charge in [0.1, 0.15) is 0 Å². The highest BCUT2D eigenvalue weighted by Crippen LogP contribution is 2.29. The van der Waals surface area contributed by atoms with Gasteiger partial charge in [-0.15, -0.1) is 0 Å². The Morgan fingerprint density at radius 1 is 1.19 bits per heavy atom. The maximum absolute atomic E-state index is 12.6. The summed E-state index contributed by atoms with van der Waals surface area (Å²) in [5, 5.41) is 3.94. The molecule has 0 aromatic rings. The largest absolute Gasteiger partial charge is 0.377 e. The summed E-state index contributed by atoms with van der Waals surface area (Å²) in [6.07, 6.45) is 5.95. The average Bonchev–Trinajstić information content (AvgIpc) is 2.74. The van der Waals surface area contributed by atoms with Gasteiger partial charge in [-0.3, -0.25) is 4.21 Å². The van der Waals surface area contributed by atoms with Crippen LogP contribution in [-0.4, -0.2) is 40.5 Å². The molecule has 1 aliphatic heterocycles. The maximum atomic E-state index is 12.6. The quantitative estimate of drug-likeness (QED) is 0.818. The van der Waals surface area contributed by atoms with Gasteiger partial charge in [0.05, 0.1) is 16.6 Å². The monoisotopic (exact) mass is 245 g/mol. The van der Waals surface area contributed by atoms with E-state index in [0.717, 1.165) is 19.4 Å². The van der Waals surface area contributed by atoms with Gasteiger partial charge < -0.3 is 10.1 Å². The van der Waals surface area contributed by atoms with Crippen molar-refractivity contribution in [1.29, 1.82) is 0 Å². The van der Waals surface area contributed by atoms with Crippen LogP contribution in [0.15, 0.2) is 0 Å². The van der Waals surface area contributed by atoms with Gasteiger partial charge in [0.2, 0.25) is 0 Å². The van der Waals surface area contributed by atoms with Gasteiger partial charge in [-0.2, -0.15) is 0 Å². The van der Waals surface area contributed by atoms with Gasteiger partial charge in [-0.1, -0.05) is 12.8 Å². The minimum Gasteiger partial charge on any atom is -0.377 e. The SMILES string of the molecule is CNC1CCCCC1S(=O)C1CCOC1C. The lowest BCUT2D eigenvalue weighted by Crippen LogP contribution is -2.46. The summed E-state index contributed by atoms with van der Waals surface area (Å²) in [5.41, 5.74) is 0. The molecule has 5 unspecified atom stereocenters. The van der Waals surface area contributed by atoms with Crippen molar-refractivity contribution < 1.29 is 8.95 Å². The Balaban J connectivity index is 2.01. The summed E-state index contributed by atoms with van der Waals surface area (Å²) in [4.78, 5) is 0. The second-order valence-corrected chi connectivity index (χ2v) is 6.82. The van der Waals surface area contributed by atoms with Crippen LogP contribution in [0.4, 0.5) is 0 Å². The summed E-state index contributed by atoms with van der Waals surface area (Å²) in [7, 11) is 1.27. The predicted octanol–water partition coefficient (Wildman–Crippen LogP) is 1.44. The second-order valence-electron chi connectivity index (χ2n) is 4.95. The van der Waals surface area contributed by atoms with E-state index in [2.05, 4.69) is 12.2 Å². The molecule has 1 N–H and O–H groups in total. The Morgan fingerprint density at radius 2 is 1.94 bits per heavy atom. The molecule has 0 amide bonds. The lowest BCUT2D eigenvalue weighted by Gasteiger charge is -2.32. The van der Waals surface area contributed by atoms with E-state index in [9.17, 15) is 4.21 Å². The molecule has 1 saturated heterocycles. The molecular weight excluding hydrogens is 222 g/mol. The Morgan fingerprint density at radius 3 is 2.56 bits per heavy atom. The molecule has 2 rings (SSSR count). The lowest BCUT2D eigenvalue weighted by molar-refractivity contribution is 0.126. The Kier molecular flexibility index (Phi) is 4.39. The van der Waals surface area contributed by atoms with E-state index in [4.69, 9.17) is 4.74 Å². The van der Waals surface area contributed by atoms with Crippen LogP contribution in [0, 0.1) is 0 Å². The van der Waals surface area contributed by atoms with E-state index in [-0.39, 0.29) is 11.4 Å². The van der Waals surface area contributed by atoms with E-state index < -0.39 is 10.8 Å². The first-order chi connectivity index (χ1) is 7.74. The predicted molar refractivity (Wildman–Crippen MR) is 67.1 cm³/mol. The molecule has 1 saturated carbocycles. The van der Waals surface area contributed by atoms with Crippen LogP contribution in [0.5, 0.6) is 0 Å². The first kappa shape index (κ1) is 12.5. The first-order valence-corrected chi connectivity index (χ1v) is 7.70. The third-order valence-corrected chi connectivity index (χ3v) is 6.35. The van der Waals surface area contributed by atoms with Crippen molar-refractivity contribution >= 4 is 10.8 Å². The molecule has 4 heteroatoms. The van der Waals surface area contributed by atoms with Crippen molar-refractivity contribution in [2.24, 2.45) is 0 Å². The number of hydrogen-bond acceptors (Lipinski definition) is 3. The molecule has 0 spiro atoms. The lowest BCUT2D eigenvalue weighted by atomic mass is 9.95. The molecular formula is C12H23NO2S. The van der Waals surface area contributed by atoms with Crippen molar-refractivity contribution in [1.82, 2.24) is 5.32 Å². The molecule has 1 aliphatic carbocycles. The Bertz CT molecular complexity index is 259. The van der Waals surface area contributed by atoms with Crippen LogP contribution in [0.3, 0.4) is 0 Å². The number of hydrogen-bond donors (Lipinski definition) is 1. The average molecular weight is 245 g/mol. The normalized spacial score (nSPS) is 42.1. The molecule has 16 heavy (non-hydrogen) atoms. The third-order valence-electron chi connectivity index (χ3n) is 3.98.